The molecule has 1 heterocycles. The second-order valence-electron chi connectivity index (χ2n) is 7.28. The van der Waals surface area contributed by atoms with E-state index in [4.69, 9.17) is 4.74 Å². The van der Waals surface area contributed by atoms with Gasteiger partial charge in [-0.2, -0.15) is 9.90 Å². The zero-order valence-corrected chi connectivity index (χ0v) is 16.0. The van der Waals surface area contributed by atoms with Crippen molar-refractivity contribution in [2.24, 2.45) is 11.8 Å². The van der Waals surface area contributed by atoms with Crippen molar-refractivity contribution in [3.8, 4) is 5.69 Å². The number of nitrogens with one attached hydrogen (secondary N) is 1. The Labute approximate surface area is 159 Å². The summed E-state index contributed by atoms with van der Waals surface area (Å²) in [5.41, 5.74) is 1.32. The van der Waals surface area contributed by atoms with Crippen molar-refractivity contribution in [3.63, 3.8) is 0 Å². The zero-order chi connectivity index (χ0) is 19.4. The summed E-state index contributed by atoms with van der Waals surface area (Å²) in [5, 5.41) is 11.4. The number of carbonyl (C=O) groups excluding carboxylic acids is 2. The van der Waals surface area contributed by atoms with E-state index in [2.05, 4.69) is 29.4 Å². The fourth-order valence-corrected chi connectivity index (χ4v) is 3.48. The number of aryl methyl sites for hydroxylation is 1. The third kappa shape index (κ3) is 4.53. The molecule has 1 amide bonds. The molecule has 1 aliphatic carbocycles. The second-order valence-corrected chi connectivity index (χ2v) is 7.28. The second kappa shape index (κ2) is 8.33. The van der Waals surface area contributed by atoms with E-state index in [-0.39, 0.29) is 24.2 Å². The molecule has 0 bridgehead atoms. The van der Waals surface area contributed by atoms with Gasteiger partial charge in [-0.1, -0.05) is 44.9 Å². The first kappa shape index (κ1) is 19.1. The molecule has 2 aromatic rings. The number of carbonyl (C=O) groups is 2. The smallest absolute Gasteiger partial charge is 0.361 e. The first-order chi connectivity index (χ1) is 13.0. The lowest BCUT2D eigenvalue weighted by atomic mass is 9.78. The van der Waals surface area contributed by atoms with Gasteiger partial charge in [0.1, 0.15) is 0 Å². The topological polar surface area (TPSA) is 86.1 Å². The van der Waals surface area contributed by atoms with Crippen LogP contribution in [-0.4, -0.2) is 39.5 Å². The fraction of sp³-hybridized carbons (Fsp3) is 0.500. The number of esters is 1. The van der Waals surface area contributed by atoms with Crippen LogP contribution in [0.2, 0.25) is 0 Å². The minimum absolute atomic E-state index is 0.117. The number of amides is 1. The maximum absolute atomic E-state index is 12.3. The van der Waals surface area contributed by atoms with Gasteiger partial charge in [-0.25, -0.2) is 4.79 Å². The molecule has 1 aromatic heterocycles. The van der Waals surface area contributed by atoms with Crippen molar-refractivity contribution in [3.05, 3.63) is 41.7 Å². The Morgan fingerprint density at radius 2 is 1.93 bits per heavy atom. The molecule has 1 N–H and O–H groups in total. The van der Waals surface area contributed by atoms with Crippen LogP contribution >= 0.6 is 0 Å². The molecule has 7 nitrogen and oxygen atoms in total. The molecule has 144 valence electrons. The van der Waals surface area contributed by atoms with Crippen LogP contribution in [0.15, 0.2) is 30.3 Å². The Kier molecular flexibility index (Phi) is 5.88. The number of rotatable bonds is 5. The van der Waals surface area contributed by atoms with Crippen LogP contribution < -0.4 is 5.32 Å². The molecule has 1 aliphatic rings. The van der Waals surface area contributed by atoms with Crippen molar-refractivity contribution >= 4 is 11.9 Å². The van der Waals surface area contributed by atoms with Gasteiger partial charge in [0, 0.05) is 6.04 Å². The maximum Gasteiger partial charge on any atom is 0.361 e. The average molecular weight is 370 g/mol. The van der Waals surface area contributed by atoms with Crippen molar-refractivity contribution in [2.45, 2.75) is 46.1 Å². The van der Waals surface area contributed by atoms with E-state index >= 15 is 0 Å². The lowest BCUT2D eigenvalue weighted by Crippen LogP contribution is -2.45. The van der Waals surface area contributed by atoms with Gasteiger partial charge < -0.3 is 10.1 Å². The number of nitrogens with zero attached hydrogens (tertiary/aromatic N) is 3. The van der Waals surface area contributed by atoms with E-state index in [1.165, 1.54) is 11.2 Å². The molecule has 0 spiro atoms. The highest BCUT2D eigenvalue weighted by atomic mass is 16.5. The van der Waals surface area contributed by atoms with E-state index in [1.807, 2.05) is 30.3 Å². The first-order valence-corrected chi connectivity index (χ1v) is 9.41. The Hall–Kier alpha value is -2.70. The molecule has 27 heavy (non-hydrogen) atoms. The van der Waals surface area contributed by atoms with Crippen molar-refractivity contribution < 1.29 is 14.3 Å². The summed E-state index contributed by atoms with van der Waals surface area (Å²) < 4.78 is 5.16. The third-order valence-corrected chi connectivity index (χ3v) is 5.35. The molecule has 3 atom stereocenters. The minimum Gasteiger partial charge on any atom is -0.451 e. The standard InChI is InChI=1S/C20H26N4O3/c1-13-8-7-11-17(14(13)2)21-18(25)12-27-20(26)19-15(3)22-24(23-19)16-9-5-4-6-10-16/h4-6,9-10,13-14,17H,7-8,11-12H2,1-3H3,(H,21,25)/t13-,14-,17-/m0/s1. The molecule has 3 rings (SSSR count). The molecule has 0 aliphatic heterocycles. The fourth-order valence-electron chi connectivity index (χ4n) is 3.48. The van der Waals surface area contributed by atoms with Gasteiger partial charge in [0.2, 0.25) is 0 Å². The van der Waals surface area contributed by atoms with Crippen molar-refractivity contribution in [2.75, 3.05) is 6.61 Å². The van der Waals surface area contributed by atoms with Crippen LogP contribution in [0.25, 0.3) is 5.69 Å². The first-order valence-electron chi connectivity index (χ1n) is 9.41. The number of hydrogen-bond donors (Lipinski definition) is 1. The average Bonchev–Trinajstić information content (AvgIpc) is 3.06. The molecule has 7 heteroatoms. The van der Waals surface area contributed by atoms with Crippen LogP contribution in [-0.2, 0) is 9.53 Å². The van der Waals surface area contributed by atoms with E-state index in [0.29, 0.717) is 17.5 Å². The van der Waals surface area contributed by atoms with E-state index in [0.717, 1.165) is 18.5 Å². The molecular formula is C20H26N4O3. The number of ether oxygens (including phenoxy) is 1. The highest BCUT2D eigenvalue weighted by Gasteiger charge is 2.28. The maximum atomic E-state index is 12.3. The SMILES string of the molecule is Cc1nn(-c2ccccc2)nc1C(=O)OCC(=O)N[C@H]1CCC[C@H](C)[C@@H]1C. The van der Waals surface area contributed by atoms with Crippen LogP contribution in [0.1, 0.15) is 49.3 Å². The van der Waals surface area contributed by atoms with E-state index < -0.39 is 5.97 Å². The predicted molar refractivity (Wildman–Crippen MR) is 100 cm³/mol. The van der Waals surface area contributed by atoms with Gasteiger partial charge in [-0.15, -0.1) is 5.10 Å². The summed E-state index contributed by atoms with van der Waals surface area (Å²) >= 11 is 0. The van der Waals surface area contributed by atoms with Gasteiger partial charge >= 0.3 is 5.97 Å². The number of benzene rings is 1. The summed E-state index contributed by atoms with van der Waals surface area (Å²) in [4.78, 5) is 25.9. The van der Waals surface area contributed by atoms with Gasteiger partial charge in [-0.05, 0) is 37.3 Å². The Morgan fingerprint density at radius 1 is 1.19 bits per heavy atom. The molecule has 1 aromatic carbocycles. The van der Waals surface area contributed by atoms with Gasteiger partial charge in [-0.3, -0.25) is 4.79 Å². The van der Waals surface area contributed by atoms with Crippen molar-refractivity contribution in [1.82, 2.24) is 20.3 Å². The highest BCUT2D eigenvalue weighted by molar-refractivity contribution is 5.90. The summed E-state index contributed by atoms with van der Waals surface area (Å²) in [6.45, 7) is 5.75. The Balaban J connectivity index is 1.56. The van der Waals surface area contributed by atoms with Crippen LogP contribution in [0.5, 0.6) is 0 Å². The van der Waals surface area contributed by atoms with Crippen molar-refractivity contribution in [1.29, 1.82) is 0 Å². The molecular weight excluding hydrogens is 344 g/mol. The quantitative estimate of drug-likeness (QED) is 0.818. The van der Waals surface area contributed by atoms with Gasteiger partial charge in [0.05, 0.1) is 11.4 Å². The molecule has 1 fully saturated rings. The summed E-state index contributed by atoms with van der Waals surface area (Å²) in [7, 11) is 0. The normalized spacial score (nSPS) is 22.3. The van der Waals surface area contributed by atoms with Crippen LogP contribution in [0, 0.1) is 18.8 Å². The number of para-hydroxylation sites is 1. The molecule has 0 radical (unpaired) electrons. The van der Waals surface area contributed by atoms with Gasteiger partial charge in [0.15, 0.2) is 12.3 Å². The lowest BCUT2D eigenvalue weighted by molar-refractivity contribution is -0.125. The zero-order valence-electron chi connectivity index (χ0n) is 16.0. The molecule has 0 unspecified atom stereocenters. The van der Waals surface area contributed by atoms with Gasteiger partial charge in [0.25, 0.3) is 5.91 Å². The van der Waals surface area contributed by atoms with E-state index in [1.54, 1.807) is 6.92 Å². The Morgan fingerprint density at radius 3 is 2.67 bits per heavy atom. The van der Waals surface area contributed by atoms with Crippen LogP contribution in [0.4, 0.5) is 0 Å². The predicted octanol–water partition coefficient (Wildman–Crippen LogP) is 2.67. The minimum atomic E-state index is -0.644. The van der Waals surface area contributed by atoms with Crippen LogP contribution in [0.3, 0.4) is 0 Å². The third-order valence-electron chi connectivity index (χ3n) is 5.35. The summed E-state index contributed by atoms with van der Waals surface area (Å²) in [6, 6.07) is 9.44. The number of hydrogen-bond acceptors (Lipinski definition) is 5. The van der Waals surface area contributed by atoms with E-state index in [9.17, 15) is 9.59 Å². The lowest BCUT2D eigenvalue weighted by Gasteiger charge is -2.34. The molecule has 1 saturated carbocycles. The highest BCUT2D eigenvalue weighted by Crippen LogP contribution is 2.29. The number of aromatic nitrogens is 3. The summed E-state index contributed by atoms with van der Waals surface area (Å²) in [6.07, 6.45) is 3.27. The Bertz CT molecular complexity index is 803. The monoisotopic (exact) mass is 370 g/mol. The molecule has 0 saturated heterocycles. The largest absolute Gasteiger partial charge is 0.451 e. The summed E-state index contributed by atoms with van der Waals surface area (Å²) in [5.74, 6) is 0.0889.